The van der Waals surface area contributed by atoms with Gasteiger partial charge in [-0.05, 0) is 60.8 Å². The molecule has 5 rings (SSSR count). The molecule has 1 unspecified atom stereocenters. The van der Waals surface area contributed by atoms with Crippen molar-refractivity contribution in [2.75, 3.05) is 6.67 Å². The van der Waals surface area contributed by atoms with Gasteiger partial charge in [0.1, 0.15) is 6.61 Å². The Bertz CT molecular complexity index is 1510. The van der Waals surface area contributed by atoms with Crippen molar-refractivity contribution in [3.8, 4) is 0 Å². The average molecular weight is 624 g/mol. The van der Waals surface area contributed by atoms with Gasteiger partial charge in [-0.2, -0.15) is 5.01 Å². The quantitative estimate of drug-likeness (QED) is 0.231. The van der Waals surface area contributed by atoms with E-state index in [4.69, 9.17) is 9.16 Å². The number of hydrazine groups is 1. The molecule has 236 valence electrons. The van der Waals surface area contributed by atoms with Crippen LogP contribution in [0.4, 0.5) is 0 Å². The largest absolute Gasteiger partial charge is 0.483 e. The Hall–Kier alpha value is -3.98. The van der Waals surface area contributed by atoms with Crippen molar-refractivity contribution >= 4 is 20.0 Å². The summed E-state index contributed by atoms with van der Waals surface area (Å²) in [5.41, 5.74) is 3.21. The number of ether oxygens (including phenoxy) is 1. The van der Waals surface area contributed by atoms with Crippen LogP contribution in [0.1, 0.15) is 57.4 Å². The first-order valence-electron chi connectivity index (χ1n) is 15.7. The van der Waals surface area contributed by atoms with Gasteiger partial charge in [-0.15, -0.1) is 0 Å². The molecule has 0 radical (unpaired) electrons. The van der Waals surface area contributed by atoms with Gasteiger partial charge in [0.2, 0.25) is 5.78 Å². The van der Waals surface area contributed by atoms with Gasteiger partial charge in [-0.3, -0.25) is 14.6 Å². The fourth-order valence-electron chi connectivity index (χ4n) is 5.42. The normalized spacial score (nSPS) is 18.1. The Morgan fingerprint density at radius 1 is 0.844 bits per heavy atom. The molecule has 3 aromatic rings. The van der Waals surface area contributed by atoms with E-state index in [0.29, 0.717) is 6.67 Å². The van der Waals surface area contributed by atoms with Crippen molar-refractivity contribution < 1.29 is 18.8 Å². The lowest BCUT2D eigenvalue weighted by Crippen LogP contribution is -2.64. The minimum Gasteiger partial charge on any atom is -0.483 e. The molecule has 2 heterocycles. The number of benzene rings is 3. The number of allylic oxidation sites excluding steroid dienone is 1. The summed E-state index contributed by atoms with van der Waals surface area (Å²) in [6.45, 7) is 15.4. The number of fused-ring (bicyclic) bond motifs is 1. The number of nitrogens with zero attached hydrogens (tertiary/aromatic N) is 3. The highest BCUT2D eigenvalue weighted by Gasteiger charge is 2.49. The molecule has 0 spiro atoms. The molecule has 45 heavy (non-hydrogen) atoms. The maximum Gasteiger partial charge on any atom is 0.276 e. The van der Waals surface area contributed by atoms with Crippen LogP contribution >= 0.6 is 0 Å². The molecular weight excluding hydrogens is 579 g/mol. The third-order valence-corrected chi connectivity index (χ3v) is 13.4. The van der Waals surface area contributed by atoms with E-state index in [1.807, 2.05) is 85.6 Å². The molecule has 1 atom stereocenters. The van der Waals surface area contributed by atoms with Gasteiger partial charge in [-0.25, -0.2) is 0 Å². The summed E-state index contributed by atoms with van der Waals surface area (Å²) < 4.78 is 13.4. The van der Waals surface area contributed by atoms with Crippen molar-refractivity contribution in [2.24, 2.45) is 0 Å². The maximum absolute atomic E-state index is 14.6. The van der Waals surface area contributed by atoms with Crippen molar-refractivity contribution in [1.29, 1.82) is 0 Å². The molecule has 0 bridgehead atoms. The number of ketones is 1. The number of carbonyl (C=O) groups excluding carboxylic acids is 2. The third-order valence-electron chi connectivity index (χ3n) is 8.96. The zero-order valence-electron chi connectivity index (χ0n) is 27.4. The predicted molar refractivity (Wildman–Crippen MR) is 180 cm³/mol. The van der Waals surface area contributed by atoms with Gasteiger partial charge >= 0.3 is 0 Å². The molecular formula is C37H45N3O4Si. The van der Waals surface area contributed by atoms with Crippen molar-refractivity contribution in [1.82, 2.24) is 14.9 Å². The minimum absolute atomic E-state index is 0.0247. The van der Waals surface area contributed by atoms with E-state index in [1.54, 1.807) is 11.0 Å². The van der Waals surface area contributed by atoms with Crippen LogP contribution in [-0.2, 0) is 25.4 Å². The summed E-state index contributed by atoms with van der Waals surface area (Å²) in [4.78, 5) is 30.3. The molecule has 3 aromatic carbocycles. The Morgan fingerprint density at radius 3 is 1.89 bits per heavy atom. The number of hydrogen-bond acceptors (Lipinski definition) is 6. The van der Waals surface area contributed by atoms with Crippen LogP contribution < -0.4 is 0 Å². The summed E-state index contributed by atoms with van der Waals surface area (Å²) in [5.74, 6) is -0.594. The van der Waals surface area contributed by atoms with Crippen LogP contribution in [0.25, 0.3) is 0 Å². The minimum atomic E-state index is -2.41. The first kappa shape index (κ1) is 32.4. The topological polar surface area (TPSA) is 62.3 Å². The molecule has 2 aliphatic rings. The predicted octanol–water partition coefficient (Wildman–Crippen LogP) is 7.42. The lowest BCUT2D eigenvalue weighted by atomic mass is 9.97. The van der Waals surface area contributed by atoms with Crippen LogP contribution in [0, 0.1) is 0 Å². The van der Waals surface area contributed by atoms with E-state index < -0.39 is 14.5 Å². The van der Waals surface area contributed by atoms with Crippen molar-refractivity contribution in [3.63, 3.8) is 0 Å². The number of carbonyl (C=O) groups is 2. The van der Waals surface area contributed by atoms with E-state index in [-0.39, 0.29) is 46.9 Å². The number of amides is 1. The number of rotatable bonds is 9. The first-order chi connectivity index (χ1) is 21.4. The summed E-state index contributed by atoms with van der Waals surface area (Å²) in [6, 6.07) is 29.8. The standard InChI is InChI=1S/C37H45N3O4Si/c1-27(2)38-26-39(33(29-19-13-9-14-20-29)30-21-15-10-16-22-30)40-32(44-45(6,7)37(3,4)5)24-23-31(41)35(34(40)36(38)42)43-25-28-17-11-8-12-18-28/h8-24,27,32-33H,25-26H2,1-7H3. The second-order valence-electron chi connectivity index (χ2n) is 13.5. The highest BCUT2D eigenvalue weighted by molar-refractivity contribution is 6.74. The zero-order chi connectivity index (χ0) is 32.4. The molecule has 0 aromatic heterocycles. The lowest BCUT2D eigenvalue weighted by molar-refractivity contribution is -0.179. The fourth-order valence-corrected chi connectivity index (χ4v) is 6.55. The van der Waals surface area contributed by atoms with E-state index in [0.717, 1.165) is 16.7 Å². The Balaban J connectivity index is 1.75. The highest BCUT2D eigenvalue weighted by Crippen LogP contribution is 2.42. The van der Waals surface area contributed by atoms with Gasteiger partial charge < -0.3 is 14.1 Å². The van der Waals surface area contributed by atoms with Crippen LogP contribution in [0.5, 0.6) is 0 Å². The maximum atomic E-state index is 14.6. The Labute approximate surface area is 268 Å². The van der Waals surface area contributed by atoms with Crippen LogP contribution in [-0.4, -0.2) is 53.9 Å². The summed E-state index contributed by atoms with van der Waals surface area (Å²) in [6.07, 6.45) is 2.59. The molecule has 1 amide bonds. The molecule has 8 heteroatoms. The van der Waals surface area contributed by atoms with Gasteiger partial charge in [0.25, 0.3) is 5.91 Å². The number of hydrogen-bond donors (Lipinski definition) is 0. The van der Waals surface area contributed by atoms with E-state index >= 15 is 0 Å². The van der Waals surface area contributed by atoms with Crippen LogP contribution in [0.15, 0.2) is 115 Å². The highest BCUT2D eigenvalue weighted by atomic mass is 28.4. The second kappa shape index (κ2) is 13.2. The summed E-state index contributed by atoms with van der Waals surface area (Å²) >= 11 is 0. The monoisotopic (exact) mass is 623 g/mol. The van der Waals surface area contributed by atoms with Crippen LogP contribution in [0.3, 0.4) is 0 Å². The molecule has 2 aliphatic heterocycles. The molecule has 0 saturated carbocycles. The van der Waals surface area contributed by atoms with Crippen molar-refractivity contribution in [3.05, 3.63) is 131 Å². The van der Waals surface area contributed by atoms with E-state index in [9.17, 15) is 9.59 Å². The molecule has 7 nitrogen and oxygen atoms in total. The molecule has 1 saturated heterocycles. The van der Waals surface area contributed by atoms with Crippen molar-refractivity contribution in [2.45, 2.75) is 77.7 Å². The molecule has 0 aliphatic carbocycles. The molecule has 0 N–H and O–H groups in total. The SMILES string of the molecule is CC(C)N1CN(C(c2ccccc2)c2ccccc2)N2C(=C(OCc3ccccc3)C(=O)C=CC2O[Si](C)(C)C(C)(C)C)C1=O. The first-order valence-corrected chi connectivity index (χ1v) is 18.6. The summed E-state index contributed by atoms with van der Waals surface area (Å²) in [7, 11) is -2.41. The van der Waals surface area contributed by atoms with Crippen LogP contribution in [0.2, 0.25) is 18.1 Å². The average Bonchev–Trinajstić information content (AvgIpc) is 3.14. The van der Waals surface area contributed by atoms with Gasteiger partial charge in [-0.1, -0.05) is 112 Å². The smallest absolute Gasteiger partial charge is 0.276 e. The summed E-state index contributed by atoms with van der Waals surface area (Å²) in [5, 5.41) is 3.97. The van der Waals surface area contributed by atoms with Gasteiger partial charge in [0, 0.05) is 6.04 Å². The zero-order valence-corrected chi connectivity index (χ0v) is 28.4. The third kappa shape index (κ3) is 6.83. The van der Waals surface area contributed by atoms with E-state index in [2.05, 4.69) is 63.1 Å². The van der Waals surface area contributed by atoms with Gasteiger partial charge in [0.15, 0.2) is 26.0 Å². The Kier molecular flexibility index (Phi) is 9.48. The Morgan fingerprint density at radius 2 is 1.38 bits per heavy atom. The lowest BCUT2D eigenvalue weighted by Gasteiger charge is -2.53. The van der Waals surface area contributed by atoms with Gasteiger partial charge in [0.05, 0.1) is 12.7 Å². The molecule has 1 fully saturated rings. The fraction of sp³-hybridized carbons (Fsp3) is 0.351. The second-order valence-corrected chi connectivity index (χ2v) is 18.2. The van der Waals surface area contributed by atoms with E-state index in [1.165, 1.54) is 6.08 Å².